The lowest BCUT2D eigenvalue weighted by Gasteiger charge is -2.16. The minimum Gasteiger partial charge on any atom is -0.475 e. The van der Waals surface area contributed by atoms with Crippen LogP contribution in [0.2, 0.25) is 0 Å². The minimum atomic E-state index is -5.08. The number of amides is 1. The van der Waals surface area contributed by atoms with Crippen molar-refractivity contribution in [2.24, 2.45) is 0 Å². The van der Waals surface area contributed by atoms with Crippen LogP contribution in [0.5, 0.6) is 0 Å². The molecule has 3 rings (SSSR count). The van der Waals surface area contributed by atoms with Gasteiger partial charge >= 0.3 is 12.1 Å². The number of aryl methyl sites for hydroxylation is 2. The van der Waals surface area contributed by atoms with Crippen molar-refractivity contribution in [3.63, 3.8) is 0 Å². The van der Waals surface area contributed by atoms with E-state index < -0.39 is 12.1 Å². The van der Waals surface area contributed by atoms with Crippen LogP contribution in [0, 0.1) is 0 Å². The molecule has 0 saturated heterocycles. The first kappa shape index (κ1) is 20.5. The number of aromatic nitrogens is 2. The molecule has 1 aliphatic rings. The van der Waals surface area contributed by atoms with E-state index in [1.54, 1.807) is 6.20 Å². The number of carboxylic acid groups (broad SMARTS) is 1. The van der Waals surface area contributed by atoms with Crippen LogP contribution in [-0.2, 0) is 29.0 Å². The second-order valence-electron chi connectivity index (χ2n) is 6.01. The molecule has 9 heteroatoms. The zero-order valence-electron chi connectivity index (χ0n) is 14.5. The van der Waals surface area contributed by atoms with Crippen molar-refractivity contribution in [3.05, 3.63) is 47.9 Å². The molecule has 27 heavy (non-hydrogen) atoms. The summed E-state index contributed by atoms with van der Waals surface area (Å²) in [4.78, 5) is 25.3. The number of carbonyl (C=O) groups excluding carboxylic acids is 1. The molecule has 146 valence electrons. The van der Waals surface area contributed by atoms with Crippen LogP contribution >= 0.6 is 0 Å². The number of carboxylic acids is 1. The summed E-state index contributed by atoms with van der Waals surface area (Å²) in [5.74, 6) is -0.762. The predicted octanol–water partition coefficient (Wildman–Crippen LogP) is 3.42. The van der Waals surface area contributed by atoms with E-state index in [4.69, 9.17) is 9.90 Å². The quantitative estimate of drug-likeness (QED) is 0.847. The van der Waals surface area contributed by atoms with Gasteiger partial charge in [-0.15, -0.1) is 0 Å². The molecule has 2 aromatic rings. The number of hydrogen-bond acceptors (Lipinski definition) is 3. The van der Waals surface area contributed by atoms with Gasteiger partial charge in [-0.05, 0) is 24.8 Å². The van der Waals surface area contributed by atoms with E-state index in [1.165, 1.54) is 12.0 Å². The molecule has 0 fully saturated rings. The highest BCUT2D eigenvalue weighted by atomic mass is 19.4. The van der Waals surface area contributed by atoms with Crippen molar-refractivity contribution in [1.82, 2.24) is 9.55 Å². The van der Waals surface area contributed by atoms with Crippen LogP contribution in [0.3, 0.4) is 0 Å². The third-order valence-electron chi connectivity index (χ3n) is 3.96. The van der Waals surface area contributed by atoms with E-state index in [-0.39, 0.29) is 5.91 Å². The Morgan fingerprint density at radius 2 is 1.85 bits per heavy atom. The number of hydrogen-bond donors (Lipinski definition) is 2. The molecule has 0 atom stereocenters. The Kier molecular flexibility index (Phi) is 6.98. The summed E-state index contributed by atoms with van der Waals surface area (Å²) in [6.45, 7) is 0.962. The van der Waals surface area contributed by atoms with Gasteiger partial charge in [0.2, 0.25) is 5.91 Å². The van der Waals surface area contributed by atoms with Gasteiger partial charge in [0.15, 0.2) is 0 Å². The molecule has 2 heterocycles. The maximum Gasteiger partial charge on any atom is 0.490 e. The summed E-state index contributed by atoms with van der Waals surface area (Å²) in [6, 6.07) is 10.1. The molecule has 0 aliphatic carbocycles. The smallest absolute Gasteiger partial charge is 0.475 e. The number of aliphatic carboxylic acids is 1. The monoisotopic (exact) mass is 383 g/mol. The molecule has 1 aromatic carbocycles. The summed E-state index contributed by atoms with van der Waals surface area (Å²) in [5.41, 5.74) is 1.19. The van der Waals surface area contributed by atoms with Crippen LogP contribution in [-0.4, -0.2) is 32.7 Å². The topological polar surface area (TPSA) is 84.2 Å². The van der Waals surface area contributed by atoms with Crippen molar-refractivity contribution < 1.29 is 27.9 Å². The van der Waals surface area contributed by atoms with Crippen molar-refractivity contribution in [2.75, 3.05) is 5.32 Å². The summed E-state index contributed by atoms with van der Waals surface area (Å²) < 4.78 is 33.9. The number of imidazole rings is 1. The number of carbonyl (C=O) groups is 2. The van der Waals surface area contributed by atoms with Crippen molar-refractivity contribution in [2.45, 2.75) is 44.8 Å². The first-order valence-electron chi connectivity index (χ1n) is 8.45. The highest BCUT2D eigenvalue weighted by molar-refractivity contribution is 5.90. The fourth-order valence-corrected chi connectivity index (χ4v) is 2.62. The lowest BCUT2D eigenvalue weighted by atomic mass is 10.1. The summed E-state index contributed by atoms with van der Waals surface area (Å²) in [6.07, 6.45) is 1.34. The number of anilines is 1. The number of fused-ring (bicyclic) bond motifs is 1. The molecule has 0 unspecified atom stereocenters. The van der Waals surface area contributed by atoms with E-state index >= 15 is 0 Å². The molecular formula is C18H20F3N3O3. The Balaban J connectivity index is 0.000000321. The normalized spacial score (nSPS) is 13.1. The van der Waals surface area contributed by atoms with E-state index in [1.807, 2.05) is 30.3 Å². The molecule has 0 bridgehead atoms. The largest absolute Gasteiger partial charge is 0.490 e. The Labute approximate surface area is 154 Å². The second kappa shape index (κ2) is 9.20. The lowest BCUT2D eigenvalue weighted by Crippen LogP contribution is -2.21. The standard InChI is InChI=1S/C16H19N3O.C2HF3O2/c20-16(10-9-13-6-2-1-3-7-13)18-15-12-17-14-8-4-5-11-19(14)15;3-2(4,5)1(6)7/h1-3,6-7,12H,4-5,8-11H2,(H,18,20);(H,6,7). The molecule has 1 amide bonds. The molecule has 2 N–H and O–H groups in total. The number of nitrogens with zero attached hydrogens (tertiary/aromatic N) is 2. The maximum atomic E-state index is 12.0. The molecule has 1 aromatic heterocycles. The van der Waals surface area contributed by atoms with E-state index in [9.17, 15) is 18.0 Å². The molecule has 0 saturated carbocycles. The Morgan fingerprint density at radius 1 is 1.19 bits per heavy atom. The van der Waals surface area contributed by atoms with Gasteiger partial charge in [0, 0.05) is 19.4 Å². The van der Waals surface area contributed by atoms with Gasteiger partial charge in [-0.25, -0.2) is 9.78 Å². The average molecular weight is 383 g/mol. The highest BCUT2D eigenvalue weighted by Gasteiger charge is 2.38. The first-order valence-corrected chi connectivity index (χ1v) is 8.45. The number of nitrogens with one attached hydrogen (secondary N) is 1. The highest BCUT2D eigenvalue weighted by Crippen LogP contribution is 2.19. The van der Waals surface area contributed by atoms with Crippen LogP contribution in [0.25, 0.3) is 0 Å². The van der Waals surface area contributed by atoms with Crippen LogP contribution in [0.15, 0.2) is 36.5 Å². The molecular weight excluding hydrogens is 363 g/mol. The Bertz CT molecular complexity index is 773. The summed E-state index contributed by atoms with van der Waals surface area (Å²) in [5, 5.41) is 10.1. The second-order valence-corrected chi connectivity index (χ2v) is 6.01. The average Bonchev–Trinajstić information content (AvgIpc) is 3.04. The predicted molar refractivity (Wildman–Crippen MR) is 92.2 cm³/mol. The van der Waals surface area contributed by atoms with E-state index in [0.29, 0.717) is 6.42 Å². The van der Waals surface area contributed by atoms with Crippen LogP contribution in [0.4, 0.5) is 19.0 Å². The Morgan fingerprint density at radius 3 is 2.48 bits per heavy atom. The van der Waals surface area contributed by atoms with Crippen LogP contribution in [0.1, 0.15) is 30.7 Å². The zero-order valence-corrected chi connectivity index (χ0v) is 14.5. The summed E-state index contributed by atoms with van der Waals surface area (Å²) in [7, 11) is 0. The van der Waals surface area contributed by atoms with Gasteiger partial charge < -0.3 is 15.0 Å². The third kappa shape index (κ3) is 6.43. The Hall–Kier alpha value is -2.84. The molecule has 1 aliphatic heterocycles. The van der Waals surface area contributed by atoms with Gasteiger partial charge in [0.05, 0.1) is 6.20 Å². The maximum absolute atomic E-state index is 12.0. The number of rotatable bonds is 4. The SMILES string of the molecule is O=C(CCc1ccccc1)Nc1cnc2n1CCCC2.O=C(O)C(F)(F)F. The minimum absolute atomic E-state index is 0.0575. The van der Waals surface area contributed by atoms with Crippen molar-refractivity contribution in [3.8, 4) is 0 Å². The van der Waals surface area contributed by atoms with Crippen LogP contribution < -0.4 is 5.32 Å². The zero-order chi connectivity index (χ0) is 19.9. The fourth-order valence-electron chi connectivity index (χ4n) is 2.62. The third-order valence-corrected chi connectivity index (χ3v) is 3.96. The van der Waals surface area contributed by atoms with Crippen molar-refractivity contribution >= 4 is 17.7 Å². The lowest BCUT2D eigenvalue weighted by molar-refractivity contribution is -0.192. The van der Waals surface area contributed by atoms with E-state index in [0.717, 1.165) is 37.4 Å². The first-order chi connectivity index (χ1) is 12.8. The molecule has 0 spiro atoms. The van der Waals surface area contributed by atoms with Gasteiger partial charge in [-0.1, -0.05) is 30.3 Å². The van der Waals surface area contributed by atoms with Crippen molar-refractivity contribution in [1.29, 1.82) is 0 Å². The number of halogens is 3. The fraction of sp³-hybridized carbons (Fsp3) is 0.389. The molecule has 6 nitrogen and oxygen atoms in total. The van der Waals surface area contributed by atoms with Gasteiger partial charge in [0.1, 0.15) is 11.6 Å². The number of alkyl halides is 3. The van der Waals surface area contributed by atoms with Gasteiger partial charge in [0.25, 0.3) is 0 Å². The van der Waals surface area contributed by atoms with Gasteiger partial charge in [-0.2, -0.15) is 13.2 Å². The number of benzene rings is 1. The molecule has 0 radical (unpaired) electrons. The van der Waals surface area contributed by atoms with Gasteiger partial charge in [-0.3, -0.25) is 4.79 Å². The summed E-state index contributed by atoms with van der Waals surface area (Å²) >= 11 is 0. The van der Waals surface area contributed by atoms with E-state index in [2.05, 4.69) is 14.9 Å².